The summed E-state index contributed by atoms with van der Waals surface area (Å²) in [5.41, 5.74) is 0.239. The van der Waals surface area contributed by atoms with Crippen LogP contribution in [0.1, 0.15) is 11.6 Å². The highest BCUT2D eigenvalue weighted by molar-refractivity contribution is 14.1. The summed E-state index contributed by atoms with van der Waals surface area (Å²) in [6.45, 7) is -0.947. The average Bonchev–Trinajstić information content (AvgIpc) is 2.28. The Bertz CT molecular complexity index is 493. The molecule has 1 fully saturated rings. The highest BCUT2D eigenvalue weighted by Crippen LogP contribution is 2.37. The zero-order valence-corrected chi connectivity index (χ0v) is 14.3. The first-order valence-electron chi connectivity index (χ1n) is 4.80. The maximum atomic E-state index is 13.7. The minimum absolute atomic E-state index is 0. The summed E-state index contributed by atoms with van der Waals surface area (Å²) < 4.78 is 32.5. The van der Waals surface area contributed by atoms with Crippen molar-refractivity contribution in [3.8, 4) is 5.75 Å². The number of carbonyl (C=O) groups is 1. The molecule has 1 heterocycles. The van der Waals surface area contributed by atoms with E-state index in [1.165, 1.54) is 12.1 Å². The summed E-state index contributed by atoms with van der Waals surface area (Å²) in [4.78, 5) is 11.1. The Kier molecular flexibility index (Phi) is 5.46. The Morgan fingerprint density at radius 2 is 1.89 bits per heavy atom. The first kappa shape index (κ1) is 17.0. The van der Waals surface area contributed by atoms with Crippen LogP contribution in [-0.4, -0.2) is 23.7 Å². The number of amides is 1. The van der Waals surface area contributed by atoms with Gasteiger partial charge in [0.2, 0.25) is 0 Å². The fraction of sp³-hybridized carbons (Fsp3) is 0.300. The van der Waals surface area contributed by atoms with E-state index < -0.39 is 24.7 Å². The number of hydrogen-bond donors (Lipinski definition) is 2. The van der Waals surface area contributed by atoms with E-state index in [-0.39, 0.29) is 23.7 Å². The summed E-state index contributed by atoms with van der Waals surface area (Å²) in [6.07, 6.45) is -0.871. The highest BCUT2D eigenvalue weighted by Gasteiger charge is 2.47. The van der Waals surface area contributed by atoms with Gasteiger partial charge in [-0.25, -0.2) is 13.6 Å². The van der Waals surface area contributed by atoms with Crippen LogP contribution in [0, 0.1) is 7.14 Å². The predicted octanol–water partition coefficient (Wildman–Crippen LogP) is 3.44. The molecule has 106 valence electrons. The van der Waals surface area contributed by atoms with Gasteiger partial charge in [0.05, 0.1) is 7.14 Å². The van der Waals surface area contributed by atoms with Crippen molar-refractivity contribution in [1.82, 2.24) is 5.32 Å². The zero-order valence-electron chi connectivity index (χ0n) is 9.12. The van der Waals surface area contributed by atoms with Gasteiger partial charge in [0.25, 0.3) is 0 Å². The van der Waals surface area contributed by atoms with Crippen LogP contribution < -0.4 is 5.32 Å². The molecule has 19 heavy (non-hydrogen) atoms. The number of phenolic OH excluding ortho intramolecular Hbond substituents is 1. The van der Waals surface area contributed by atoms with Crippen molar-refractivity contribution < 1.29 is 23.4 Å². The molecule has 0 aromatic heterocycles. The van der Waals surface area contributed by atoms with Crippen molar-refractivity contribution in [2.45, 2.75) is 12.0 Å². The number of rotatable bonds is 1. The van der Waals surface area contributed by atoms with E-state index in [1.54, 1.807) is 0 Å². The Balaban J connectivity index is 0.00000180. The standard InChI is InChI=1S/C10H7F2I2NO3.ClH/c11-10(12)3-18-9(17)15-8(10)4-1-5(13)7(16)6(14)2-4;/h1-2,8,16H,3H2,(H,15,17);1H/t8-;/m0./s1. The number of benzene rings is 1. The SMILES string of the molecule is Cl.O=C1N[C@@H](c2cc(I)c(O)c(I)c2)C(F)(F)CO1. The van der Waals surface area contributed by atoms with E-state index in [1.807, 2.05) is 45.2 Å². The number of hydrogen-bond acceptors (Lipinski definition) is 3. The Morgan fingerprint density at radius 3 is 2.42 bits per heavy atom. The molecular weight excluding hydrogens is 509 g/mol. The molecule has 0 radical (unpaired) electrons. The molecule has 0 saturated carbocycles. The molecule has 2 N–H and O–H groups in total. The number of carbonyl (C=O) groups excluding carboxylic acids is 1. The Labute approximate surface area is 141 Å². The third-order valence-electron chi connectivity index (χ3n) is 2.45. The maximum Gasteiger partial charge on any atom is 0.408 e. The van der Waals surface area contributed by atoms with E-state index in [0.717, 1.165) is 0 Å². The molecular formula is C10H8ClF2I2NO3. The predicted molar refractivity (Wildman–Crippen MR) is 83.0 cm³/mol. The number of alkyl carbamates (subject to hydrolysis) is 1. The van der Waals surface area contributed by atoms with Crippen LogP contribution in [0.5, 0.6) is 5.75 Å². The van der Waals surface area contributed by atoms with Crippen molar-refractivity contribution in [2.75, 3.05) is 6.61 Å². The number of phenols is 1. The number of aromatic hydroxyl groups is 1. The number of nitrogens with one attached hydrogen (secondary N) is 1. The first-order valence-corrected chi connectivity index (χ1v) is 6.96. The summed E-state index contributed by atoms with van der Waals surface area (Å²) in [7, 11) is 0. The molecule has 1 amide bonds. The molecule has 1 aromatic carbocycles. The van der Waals surface area contributed by atoms with E-state index in [4.69, 9.17) is 0 Å². The molecule has 4 nitrogen and oxygen atoms in total. The van der Waals surface area contributed by atoms with Crippen molar-refractivity contribution in [2.24, 2.45) is 0 Å². The molecule has 1 saturated heterocycles. The molecule has 0 unspecified atom stereocenters. The van der Waals surface area contributed by atoms with Crippen LogP contribution in [0.3, 0.4) is 0 Å². The molecule has 1 aliphatic heterocycles. The number of ether oxygens (including phenoxy) is 1. The van der Waals surface area contributed by atoms with Crippen molar-refractivity contribution in [3.05, 3.63) is 24.8 Å². The minimum Gasteiger partial charge on any atom is -0.506 e. The summed E-state index contributed by atoms with van der Waals surface area (Å²) in [6, 6.07) is 1.39. The van der Waals surface area contributed by atoms with Gasteiger partial charge in [0, 0.05) is 0 Å². The molecule has 0 aliphatic carbocycles. The Hall–Kier alpha value is -0.100. The van der Waals surface area contributed by atoms with Crippen LogP contribution in [0.2, 0.25) is 0 Å². The van der Waals surface area contributed by atoms with Gasteiger partial charge in [-0.1, -0.05) is 0 Å². The lowest BCUT2D eigenvalue weighted by Gasteiger charge is -2.32. The lowest BCUT2D eigenvalue weighted by Crippen LogP contribution is -2.49. The van der Waals surface area contributed by atoms with Crippen molar-refractivity contribution >= 4 is 63.7 Å². The van der Waals surface area contributed by atoms with Gasteiger partial charge < -0.3 is 15.2 Å². The van der Waals surface area contributed by atoms with Gasteiger partial charge in [-0.2, -0.15) is 0 Å². The van der Waals surface area contributed by atoms with Crippen molar-refractivity contribution in [1.29, 1.82) is 0 Å². The second kappa shape index (κ2) is 6.12. The van der Waals surface area contributed by atoms with Crippen LogP contribution >= 0.6 is 57.6 Å². The van der Waals surface area contributed by atoms with E-state index in [9.17, 15) is 18.7 Å². The largest absolute Gasteiger partial charge is 0.506 e. The first-order chi connectivity index (χ1) is 8.31. The van der Waals surface area contributed by atoms with Gasteiger partial charge in [0.1, 0.15) is 11.8 Å². The van der Waals surface area contributed by atoms with E-state index in [0.29, 0.717) is 7.14 Å². The third kappa shape index (κ3) is 3.51. The van der Waals surface area contributed by atoms with Gasteiger partial charge in [-0.05, 0) is 62.9 Å². The summed E-state index contributed by atoms with van der Waals surface area (Å²) >= 11 is 3.69. The van der Waals surface area contributed by atoms with Gasteiger partial charge >= 0.3 is 12.0 Å². The van der Waals surface area contributed by atoms with Crippen LogP contribution in [0.4, 0.5) is 13.6 Å². The molecule has 2 rings (SSSR count). The summed E-state index contributed by atoms with van der Waals surface area (Å²) in [5.74, 6) is -3.14. The van der Waals surface area contributed by atoms with Crippen molar-refractivity contribution in [3.63, 3.8) is 0 Å². The van der Waals surface area contributed by atoms with E-state index in [2.05, 4.69) is 10.1 Å². The molecule has 1 aromatic rings. The van der Waals surface area contributed by atoms with Gasteiger partial charge in [0.15, 0.2) is 6.61 Å². The topological polar surface area (TPSA) is 58.6 Å². The van der Waals surface area contributed by atoms with Crippen LogP contribution in [0.15, 0.2) is 12.1 Å². The highest BCUT2D eigenvalue weighted by atomic mass is 127. The molecule has 9 heteroatoms. The second-order valence-electron chi connectivity index (χ2n) is 3.75. The fourth-order valence-corrected chi connectivity index (χ4v) is 3.41. The number of cyclic esters (lactones) is 1. The van der Waals surface area contributed by atoms with E-state index >= 15 is 0 Å². The van der Waals surface area contributed by atoms with Crippen LogP contribution in [0.25, 0.3) is 0 Å². The smallest absolute Gasteiger partial charge is 0.408 e. The van der Waals surface area contributed by atoms with Gasteiger partial charge in [-0.3, -0.25) is 0 Å². The second-order valence-corrected chi connectivity index (χ2v) is 6.07. The lowest BCUT2D eigenvalue weighted by atomic mass is 10.00. The lowest BCUT2D eigenvalue weighted by molar-refractivity contribution is -0.104. The molecule has 0 bridgehead atoms. The maximum absolute atomic E-state index is 13.7. The average molecular weight is 517 g/mol. The fourth-order valence-electron chi connectivity index (χ4n) is 1.59. The Morgan fingerprint density at radius 1 is 1.37 bits per heavy atom. The van der Waals surface area contributed by atoms with Gasteiger partial charge in [-0.15, -0.1) is 12.4 Å². The zero-order chi connectivity index (χ0) is 13.5. The minimum atomic E-state index is -3.18. The third-order valence-corrected chi connectivity index (χ3v) is 4.10. The normalized spacial score (nSPS) is 21.1. The summed E-state index contributed by atoms with van der Waals surface area (Å²) in [5, 5.41) is 11.7. The molecule has 1 atom stereocenters. The van der Waals surface area contributed by atoms with Crippen LogP contribution in [-0.2, 0) is 4.74 Å². The number of alkyl halides is 2. The molecule has 1 aliphatic rings. The number of halogens is 5. The quantitative estimate of drug-likeness (QED) is 0.562. The molecule has 0 spiro atoms. The monoisotopic (exact) mass is 517 g/mol.